The van der Waals surface area contributed by atoms with Gasteiger partial charge in [0, 0.05) is 0 Å². The maximum atomic E-state index is 9.94. The van der Waals surface area contributed by atoms with E-state index in [1.807, 2.05) is 25.1 Å². The van der Waals surface area contributed by atoms with E-state index in [9.17, 15) is 10.2 Å². The van der Waals surface area contributed by atoms with Crippen molar-refractivity contribution in [3.05, 3.63) is 47.5 Å². The first-order chi connectivity index (χ1) is 8.49. The van der Waals surface area contributed by atoms with Gasteiger partial charge in [-0.15, -0.1) is 0 Å². The van der Waals surface area contributed by atoms with Gasteiger partial charge in [-0.2, -0.15) is 0 Å². The van der Waals surface area contributed by atoms with Crippen molar-refractivity contribution in [2.45, 2.75) is 26.7 Å². The van der Waals surface area contributed by atoms with Crippen molar-refractivity contribution in [2.75, 3.05) is 0 Å². The summed E-state index contributed by atoms with van der Waals surface area (Å²) in [7, 11) is 0. The number of hydrogen-bond donors (Lipinski definition) is 2. The van der Waals surface area contributed by atoms with Gasteiger partial charge < -0.3 is 10.2 Å². The van der Waals surface area contributed by atoms with Crippen LogP contribution in [0, 0.1) is 6.92 Å². The third-order valence-electron chi connectivity index (χ3n) is 3.17. The Balaban J connectivity index is 2.57. The molecule has 0 aliphatic heterocycles. The lowest BCUT2D eigenvalue weighted by atomic mass is 9.93. The van der Waals surface area contributed by atoms with Crippen molar-refractivity contribution >= 4 is 0 Å². The molecule has 0 heterocycles. The molecule has 0 saturated carbocycles. The molecule has 0 aliphatic rings. The Morgan fingerprint density at radius 3 is 2.11 bits per heavy atom. The highest BCUT2D eigenvalue weighted by Crippen LogP contribution is 2.34. The molecule has 2 rings (SSSR count). The molecule has 18 heavy (non-hydrogen) atoms. The molecule has 0 amide bonds. The zero-order chi connectivity index (χ0) is 13.3. The van der Waals surface area contributed by atoms with Crippen LogP contribution >= 0.6 is 0 Å². The van der Waals surface area contributed by atoms with E-state index < -0.39 is 0 Å². The van der Waals surface area contributed by atoms with Crippen LogP contribution in [-0.4, -0.2) is 10.2 Å². The molecule has 2 heteroatoms. The Hall–Kier alpha value is -1.96. The van der Waals surface area contributed by atoms with Crippen molar-refractivity contribution in [1.82, 2.24) is 0 Å². The van der Waals surface area contributed by atoms with Crippen LogP contribution in [0.1, 0.15) is 30.9 Å². The second kappa shape index (κ2) is 4.73. The van der Waals surface area contributed by atoms with Crippen LogP contribution in [-0.2, 0) is 0 Å². The van der Waals surface area contributed by atoms with Gasteiger partial charge in [0.2, 0.25) is 0 Å². The molecule has 0 radical (unpaired) electrons. The summed E-state index contributed by atoms with van der Waals surface area (Å²) in [6.07, 6.45) is 0. The number of hydrogen-bond acceptors (Lipinski definition) is 2. The van der Waals surface area contributed by atoms with E-state index in [0.29, 0.717) is 5.75 Å². The van der Waals surface area contributed by atoms with Gasteiger partial charge in [-0.05, 0) is 59.4 Å². The summed E-state index contributed by atoms with van der Waals surface area (Å²) in [6.45, 7) is 6.10. The van der Waals surface area contributed by atoms with Gasteiger partial charge in [-0.3, -0.25) is 0 Å². The fourth-order valence-electron chi connectivity index (χ4n) is 2.12. The highest BCUT2D eigenvalue weighted by Gasteiger charge is 2.11. The lowest BCUT2D eigenvalue weighted by Crippen LogP contribution is -1.92. The fourth-order valence-corrected chi connectivity index (χ4v) is 2.12. The summed E-state index contributed by atoms with van der Waals surface area (Å²) >= 11 is 0. The quantitative estimate of drug-likeness (QED) is 0.828. The van der Waals surface area contributed by atoms with E-state index in [-0.39, 0.29) is 11.7 Å². The molecule has 0 fully saturated rings. The average Bonchev–Trinajstić information content (AvgIpc) is 2.30. The third-order valence-corrected chi connectivity index (χ3v) is 3.17. The average molecular weight is 242 g/mol. The molecule has 2 aromatic carbocycles. The summed E-state index contributed by atoms with van der Waals surface area (Å²) < 4.78 is 0. The molecular formula is C16H18O2. The largest absolute Gasteiger partial charge is 0.508 e. The molecular weight excluding hydrogens is 224 g/mol. The molecule has 0 aliphatic carbocycles. The molecule has 0 spiro atoms. The Labute approximate surface area is 108 Å². The minimum Gasteiger partial charge on any atom is -0.508 e. The number of aromatic hydroxyl groups is 2. The van der Waals surface area contributed by atoms with Gasteiger partial charge in [0.1, 0.15) is 11.5 Å². The minimum atomic E-state index is 0.263. The maximum Gasteiger partial charge on any atom is 0.119 e. The van der Waals surface area contributed by atoms with E-state index in [0.717, 1.165) is 22.3 Å². The Morgan fingerprint density at radius 1 is 0.944 bits per heavy atom. The standard InChI is InChI=1S/C16H18O2/c1-10(2)14-9-15(11(3)8-16(14)18)12-4-6-13(17)7-5-12/h4-10,17-18H,1-3H3. The van der Waals surface area contributed by atoms with Crippen molar-refractivity contribution in [3.8, 4) is 22.6 Å². The van der Waals surface area contributed by atoms with E-state index in [1.54, 1.807) is 18.2 Å². The smallest absolute Gasteiger partial charge is 0.119 e. The zero-order valence-corrected chi connectivity index (χ0v) is 10.9. The molecule has 2 N–H and O–H groups in total. The van der Waals surface area contributed by atoms with Crippen LogP contribution in [0.25, 0.3) is 11.1 Å². The molecule has 0 saturated heterocycles. The number of phenolic OH excluding ortho intramolecular Hbond substituents is 2. The summed E-state index contributed by atoms with van der Waals surface area (Å²) in [5.74, 6) is 0.894. The first-order valence-corrected chi connectivity index (χ1v) is 6.12. The lowest BCUT2D eigenvalue weighted by Gasteiger charge is -2.14. The van der Waals surface area contributed by atoms with Gasteiger partial charge in [0.25, 0.3) is 0 Å². The lowest BCUT2D eigenvalue weighted by molar-refractivity contribution is 0.464. The second-order valence-corrected chi connectivity index (χ2v) is 4.93. The van der Waals surface area contributed by atoms with Crippen LogP contribution in [0.15, 0.2) is 36.4 Å². The van der Waals surface area contributed by atoms with Gasteiger partial charge in [0.05, 0.1) is 0 Å². The highest BCUT2D eigenvalue weighted by molar-refractivity contribution is 5.70. The molecule has 0 aromatic heterocycles. The van der Waals surface area contributed by atoms with Crippen LogP contribution in [0.5, 0.6) is 11.5 Å². The van der Waals surface area contributed by atoms with Crippen LogP contribution in [0.3, 0.4) is 0 Å². The van der Waals surface area contributed by atoms with Crippen molar-refractivity contribution in [3.63, 3.8) is 0 Å². The van der Waals surface area contributed by atoms with Gasteiger partial charge in [0.15, 0.2) is 0 Å². The topological polar surface area (TPSA) is 40.5 Å². The zero-order valence-electron chi connectivity index (χ0n) is 10.9. The van der Waals surface area contributed by atoms with Crippen molar-refractivity contribution in [2.24, 2.45) is 0 Å². The number of aryl methyl sites for hydroxylation is 1. The third kappa shape index (κ3) is 2.33. The summed E-state index contributed by atoms with van der Waals surface area (Å²) in [5, 5.41) is 19.3. The molecule has 0 bridgehead atoms. The first-order valence-electron chi connectivity index (χ1n) is 6.12. The maximum absolute atomic E-state index is 9.94. The summed E-state index contributed by atoms with van der Waals surface area (Å²) in [5.41, 5.74) is 4.12. The van der Waals surface area contributed by atoms with E-state index in [1.165, 1.54) is 0 Å². The van der Waals surface area contributed by atoms with Crippen LogP contribution in [0.4, 0.5) is 0 Å². The molecule has 94 valence electrons. The first kappa shape index (κ1) is 12.5. The molecule has 2 nitrogen and oxygen atoms in total. The van der Waals surface area contributed by atoms with E-state index >= 15 is 0 Å². The number of benzene rings is 2. The Bertz CT molecular complexity index is 554. The predicted molar refractivity (Wildman–Crippen MR) is 74.0 cm³/mol. The fraction of sp³-hybridized carbons (Fsp3) is 0.250. The monoisotopic (exact) mass is 242 g/mol. The molecule has 0 unspecified atom stereocenters. The van der Waals surface area contributed by atoms with Gasteiger partial charge in [-0.1, -0.05) is 26.0 Å². The summed E-state index contributed by atoms with van der Waals surface area (Å²) in [4.78, 5) is 0. The molecule has 0 atom stereocenters. The summed E-state index contributed by atoms with van der Waals surface area (Å²) in [6, 6.07) is 11.0. The number of rotatable bonds is 2. The minimum absolute atomic E-state index is 0.263. The van der Waals surface area contributed by atoms with Crippen molar-refractivity contribution in [1.29, 1.82) is 0 Å². The predicted octanol–water partition coefficient (Wildman–Crippen LogP) is 4.20. The van der Waals surface area contributed by atoms with E-state index in [2.05, 4.69) is 13.8 Å². The molecule has 2 aromatic rings. The highest BCUT2D eigenvalue weighted by atomic mass is 16.3. The van der Waals surface area contributed by atoms with Crippen LogP contribution < -0.4 is 0 Å². The normalized spacial score (nSPS) is 10.9. The Morgan fingerprint density at radius 2 is 1.56 bits per heavy atom. The van der Waals surface area contributed by atoms with Gasteiger partial charge >= 0.3 is 0 Å². The van der Waals surface area contributed by atoms with Crippen LogP contribution in [0.2, 0.25) is 0 Å². The van der Waals surface area contributed by atoms with Gasteiger partial charge in [-0.25, -0.2) is 0 Å². The van der Waals surface area contributed by atoms with Crippen molar-refractivity contribution < 1.29 is 10.2 Å². The SMILES string of the molecule is Cc1cc(O)c(C(C)C)cc1-c1ccc(O)cc1. The van der Waals surface area contributed by atoms with E-state index in [4.69, 9.17) is 0 Å². The Kier molecular flexibility index (Phi) is 3.28. The second-order valence-electron chi connectivity index (χ2n) is 4.93. The number of phenols is 2.